The van der Waals surface area contributed by atoms with Crippen molar-refractivity contribution in [1.29, 1.82) is 0 Å². The standard InChI is InChI=1S/C26H15NOSe/c1-3-9-21-16(6-1)18-12-13-23-20(14-15-28-23)25(18)27(21)22-10-5-8-19-17-7-2-4-11-24(17)29-26(19)22/h1-15H. The van der Waals surface area contributed by atoms with E-state index in [1.54, 1.807) is 6.26 Å². The Morgan fingerprint density at radius 1 is 0.621 bits per heavy atom. The van der Waals surface area contributed by atoms with Crippen molar-refractivity contribution >= 4 is 66.6 Å². The maximum atomic E-state index is 5.75. The van der Waals surface area contributed by atoms with Gasteiger partial charge in [-0.2, -0.15) is 0 Å². The number of fused-ring (bicyclic) bond motifs is 8. The molecule has 0 bridgehead atoms. The van der Waals surface area contributed by atoms with E-state index in [9.17, 15) is 0 Å². The van der Waals surface area contributed by atoms with Gasteiger partial charge in [0.15, 0.2) is 0 Å². The van der Waals surface area contributed by atoms with Crippen LogP contribution in [0.3, 0.4) is 0 Å². The molecule has 0 atom stereocenters. The molecule has 3 heterocycles. The van der Waals surface area contributed by atoms with Crippen molar-refractivity contribution < 1.29 is 4.42 Å². The summed E-state index contributed by atoms with van der Waals surface area (Å²) in [7, 11) is 0. The maximum absolute atomic E-state index is 5.75. The molecule has 0 saturated carbocycles. The van der Waals surface area contributed by atoms with E-state index in [0.717, 1.165) is 5.58 Å². The summed E-state index contributed by atoms with van der Waals surface area (Å²) in [6.07, 6.45) is 1.79. The fraction of sp³-hybridized carbons (Fsp3) is 0. The van der Waals surface area contributed by atoms with Crippen LogP contribution in [0.4, 0.5) is 0 Å². The van der Waals surface area contributed by atoms with Gasteiger partial charge in [-0.1, -0.05) is 0 Å². The number of hydrogen-bond donors (Lipinski definition) is 0. The van der Waals surface area contributed by atoms with Crippen molar-refractivity contribution in [1.82, 2.24) is 4.57 Å². The van der Waals surface area contributed by atoms with Crippen LogP contribution >= 0.6 is 0 Å². The normalized spacial score (nSPS) is 12.1. The fourth-order valence-electron chi connectivity index (χ4n) is 4.66. The molecule has 0 amide bonds. The van der Waals surface area contributed by atoms with Crippen LogP contribution in [0.15, 0.2) is 95.6 Å². The summed E-state index contributed by atoms with van der Waals surface area (Å²) in [5, 5.41) is 6.49. The minimum atomic E-state index is 0.296. The quantitative estimate of drug-likeness (QED) is 0.256. The summed E-state index contributed by atoms with van der Waals surface area (Å²) >= 11 is 0.296. The molecule has 0 aliphatic heterocycles. The third-order valence-electron chi connectivity index (χ3n) is 5.89. The summed E-state index contributed by atoms with van der Waals surface area (Å²) in [4.78, 5) is 0. The molecule has 29 heavy (non-hydrogen) atoms. The molecule has 0 aliphatic carbocycles. The van der Waals surface area contributed by atoms with Gasteiger partial charge in [0.25, 0.3) is 0 Å². The van der Waals surface area contributed by atoms with Gasteiger partial charge in [-0.15, -0.1) is 0 Å². The van der Waals surface area contributed by atoms with E-state index in [4.69, 9.17) is 4.42 Å². The average molecular weight is 436 g/mol. The van der Waals surface area contributed by atoms with Gasteiger partial charge in [0.2, 0.25) is 0 Å². The molecule has 4 aromatic carbocycles. The van der Waals surface area contributed by atoms with Gasteiger partial charge in [-0.05, 0) is 0 Å². The second-order valence-electron chi connectivity index (χ2n) is 7.40. The molecule has 136 valence electrons. The minimum absolute atomic E-state index is 0.296. The van der Waals surface area contributed by atoms with Crippen LogP contribution < -0.4 is 0 Å². The van der Waals surface area contributed by atoms with Crippen molar-refractivity contribution in [3.8, 4) is 5.69 Å². The zero-order valence-corrected chi connectivity index (χ0v) is 17.1. The van der Waals surface area contributed by atoms with Gasteiger partial charge in [-0.25, -0.2) is 0 Å². The molecular formula is C26H15NOSe. The Balaban J connectivity index is 1.75. The molecule has 0 saturated heterocycles. The first kappa shape index (κ1) is 15.6. The topological polar surface area (TPSA) is 18.1 Å². The van der Waals surface area contributed by atoms with Crippen molar-refractivity contribution in [2.24, 2.45) is 0 Å². The Bertz CT molecular complexity index is 1710. The third kappa shape index (κ3) is 2.01. The Kier molecular flexibility index (Phi) is 3.04. The fourth-order valence-corrected chi connectivity index (χ4v) is 7.19. The SMILES string of the molecule is c1ccc2c(c1)[se]c1c(-n3c4ccccc4c4ccc5occc5c43)cccc12. The second kappa shape index (κ2) is 5.64. The first-order valence-electron chi connectivity index (χ1n) is 9.70. The van der Waals surface area contributed by atoms with Crippen LogP contribution in [-0.2, 0) is 0 Å². The van der Waals surface area contributed by atoms with Crippen LogP contribution in [0.1, 0.15) is 0 Å². The molecule has 3 heteroatoms. The van der Waals surface area contributed by atoms with E-state index in [0.29, 0.717) is 14.5 Å². The van der Waals surface area contributed by atoms with E-state index in [2.05, 4.69) is 89.5 Å². The molecular weight excluding hydrogens is 421 g/mol. The summed E-state index contributed by atoms with van der Waals surface area (Å²) < 4.78 is 11.1. The number of benzene rings is 4. The Morgan fingerprint density at radius 2 is 1.45 bits per heavy atom. The van der Waals surface area contributed by atoms with Gasteiger partial charge < -0.3 is 0 Å². The van der Waals surface area contributed by atoms with Gasteiger partial charge >= 0.3 is 172 Å². The van der Waals surface area contributed by atoms with E-state index in [1.165, 1.54) is 52.2 Å². The molecule has 0 aliphatic rings. The zero-order chi connectivity index (χ0) is 18.9. The molecule has 0 spiro atoms. The summed E-state index contributed by atoms with van der Waals surface area (Å²) in [6, 6.07) is 30.7. The molecule has 0 unspecified atom stereocenters. The number of aromatic nitrogens is 1. The number of rotatable bonds is 1. The van der Waals surface area contributed by atoms with Crippen LogP contribution in [0.2, 0.25) is 0 Å². The Labute approximate surface area is 172 Å². The van der Waals surface area contributed by atoms with Crippen molar-refractivity contribution in [3.63, 3.8) is 0 Å². The predicted molar refractivity (Wildman–Crippen MR) is 123 cm³/mol. The zero-order valence-electron chi connectivity index (χ0n) is 15.4. The van der Waals surface area contributed by atoms with E-state index in [-0.39, 0.29) is 0 Å². The first-order chi connectivity index (χ1) is 14.4. The molecule has 0 N–H and O–H groups in total. The number of nitrogens with zero attached hydrogens (tertiary/aromatic N) is 1. The number of para-hydroxylation sites is 1. The summed E-state index contributed by atoms with van der Waals surface area (Å²) in [5.41, 5.74) is 4.70. The predicted octanol–water partition coefficient (Wildman–Crippen LogP) is 6.89. The van der Waals surface area contributed by atoms with Crippen LogP contribution in [0, 0.1) is 0 Å². The number of furan rings is 1. The van der Waals surface area contributed by atoms with Gasteiger partial charge in [-0.3, -0.25) is 0 Å². The molecule has 7 aromatic rings. The van der Waals surface area contributed by atoms with Crippen molar-refractivity contribution in [2.45, 2.75) is 0 Å². The first-order valence-corrected chi connectivity index (χ1v) is 11.4. The second-order valence-corrected chi connectivity index (χ2v) is 9.61. The van der Waals surface area contributed by atoms with Gasteiger partial charge in [0.05, 0.1) is 0 Å². The van der Waals surface area contributed by atoms with Gasteiger partial charge in [0.1, 0.15) is 0 Å². The Hall–Kier alpha value is -3.26. The summed E-state index contributed by atoms with van der Waals surface area (Å²) in [6.45, 7) is 0. The molecule has 0 fully saturated rings. The van der Waals surface area contributed by atoms with Crippen LogP contribution in [-0.4, -0.2) is 19.1 Å². The Morgan fingerprint density at radius 3 is 2.41 bits per heavy atom. The number of hydrogen-bond acceptors (Lipinski definition) is 1. The van der Waals surface area contributed by atoms with Crippen LogP contribution in [0.25, 0.3) is 57.8 Å². The summed E-state index contributed by atoms with van der Waals surface area (Å²) in [5.74, 6) is 0. The monoisotopic (exact) mass is 437 g/mol. The third-order valence-corrected chi connectivity index (χ3v) is 8.43. The molecule has 0 radical (unpaired) electrons. The van der Waals surface area contributed by atoms with E-state index < -0.39 is 0 Å². The molecule has 7 rings (SSSR count). The van der Waals surface area contributed by atoms with Crippen molar-refractivity contribution in [3.05, 3.63) is 91.2 Å². The van der Waals surface area contributed by atoms with Crippen molar-refractivity contribution in [2.75, 3.05) is 0 Å². The molecule has 2 nitrogen and oxygen atoms in total. The van der Waals surface area contributed by atoms with E-state index >= 15 is 0 Å². The average Bonchev–Trinajstić information content (AvgIpc) is 3.46. The van der Waals surface area contributed by atoms with Gasteiger partial charge in [0, 0.05) is 0 Å². The van der Waals surface area contributed by atoms with E-state index in [1.807, 2.05) is 0 Å². The molecule has 3 aromatic heterocycles. The van der Waals surface area contributed by atoms with Crippen LogP contribution in [0.5, 0.6) is 0 Å².